The van der Waals surface area contributed by atoms with Crippen molar-refractivity contribution in [3.05, 3.63) is 51.2 Å². The second-order valence-electron chi connectivity index (χ2n) is 5.72. The van der Waals surface area contributed by atoms with Crippen LogP contribution in [-0.4, -0.2) is 17.9 Å². The van der Waals surface area contributed by atoms with Crippen LogP contribution in [0, 0.1) is 5.92 Å². The van der Waals surface area contributed by atoms with Gasteiger partial charge in [-0.1, -0.05) is 31.5 Å². The van der Waals surface area contributed by atoms with Crippen molar-refractivity contribution in [2.75, 3.05) is 5.32 Å². The molecule has 0 saturated heterocycles. The highest BCUT2D eigenvalue weighted by atomic mass is 35.5. The standard InChI is InChI=1S/C17H20ClN3O2S.ClH/c1-10(2)15(19)17(23)21-11-5-6-14(18)13(8-11)16(22)20-9-12-4-3-7-24-12;/h3-8,10,15H,9,19H2,1-2H3,(H,20,22)(H,21,23);1H/t15-;/m0./s1. The van der Waals surface area contributed by atoms with Gasteiger partial charge in [0.1, 0.15) is 0 Å². The maximum Gasteiger partial charge on any atom is 0.253 e. The van der Waals surface area contributed by atoms with Crippen molar-refractivity contribution < 1.29 is 9.59 Å². The Morgan fingerprint density at radius 1 is 1.28 bits per heavy atom. The molecule has 1 atom stereocenters. The number of rotatable bonds is 6. The zero-order valence-electron chi connectivity index (χ0n) is 13.9. The third-order valence-corrected chi connectivity index (χ3v) is 4.71. The van der Waals surface area contributed by atoms with Crippen molar-refractivity contribution in [1.82, 2.24) is 5.32 Å². The van der Waals surface area contributed by atoms with Gasteiger partial charge in [-0.3, -0.25) is 9.59 Å². The summed E-state index contributed by atoms with van der Waals surface area (Å²) in [5, 5.41) is 7.80. The van der Waals surface area contributed by atoms with Crippen LogP contribution in [0.4, 0.5) is 5.69 Å². The molecule has 0 radical (unpaired) electrons. The van der Waals surface area contributed by atoms with Gasteiger partial charge in [0.15, 0.2) is 0 Å². The van der Waals surface area contributed by atoms with Crippen LogP contribution in [0.1, 0.15) is 29.1 Å². The molecule has 5 nitrogen and oxygen atoms in total. The molecule has 0 aliphatic rings. The van der Waals surface area contributed by atoms with Gasteiger partial charge in [0.05, 0.1) is 23.2 Å². The zero-order chi connectivity index (χ0) is 17.7. The summed E-state index contributed by atoms with van der Waals surface area (Å²) >= 11 is 7.67. The molecule has 8 heteroatoms. The molecule has 0 unspecified atom stereocenters. The van der Waals surface area contributed by atoms with E-state index in [0.717, 1.165) is 4.88 Å². The third-order valence-electron chi connectivity index (χ3n) is 3.50. The summed E-state index contributed by atoms with van der Waals surface area (Å²) < 4.78 is 0. The normalized spacial score (nSPS) is 11.6. The van der Waals surface area contributed by atoms with E-state index in [-0.39, 0.29) is 30.1 Å². The van der Waals surface area contributed by atoms with Crippen molar-refractivity contribution in [2.24, 2.45) is 11.7 Å². The van der Waals surface area contributed by atoms with Crippen LogP contribution in [0.2, 0.25) is 5.02 Å². The Balaban J connectivity index is 0.00000312. The second-order valence-corrected chi connectivity index (χ2v) is 7.16. The van der Waals surface area contributed by atoms with E-state index in [0.29, 0.717) is 22.8 Å². The highest BCUT2D eigenvalue weighted by Crippen LogP contribution is 2.21. The van der Waals surface area contributed by atoms with Gasteiger partial charge >= 0.3 is 0 Å². The van der Waals surface area contributed by atoms with Crippen molar-refractivity contribution in [3.63, 3.8) is 0 Å². The number of halogens is 2. The number of hydrogen-bond acceptors (Lipinski definition) is 4. The smallest absolute Gasteiger partial charge is 0.253 e. The van der Waals surface area contributed by atoms with E-state index in [1.165, 1.54) is 0 Å². The monoisotopic (exact) mass is 401 g/mol. The highest BCUT2D eigenvalue weighted by Gasteiger charge is 2.18. The predicted molar refractivity (Wildman–Crippen MR) is 106 cm³/mol. The number of thiophene rings is 1. The molecule has 25 heavy (non-hydrogen) atoms. The lowest BCUT2D eigenvalue weighted by atomic mass is 10.0. The van der Waals surface area contributed by atoms with Gasteiger partial charge in [-0.25, -0.2) is 0 Å². The van der Waals surface area contributed by atoms with E-state index in [9.17, 15) is 9.59 Å². The topological polar surface area (TPSA) is 84.2 Å². The molecule has 2 aromatic rings. The molecule has 1 heterocycles. The number of carbonyl (C=O) groups excluding carboxylic acids is 2. The summed E-state index contributed by atoms with van der Waals surface area (Å²) in [5.74, 6) is -0.569. The minimum atomic E-state index is -0.614. The second kappa shape index (κ2) is 9.77. The Hall–Kier alpha value is -1.60. The number of anilines is 1. The van der Waals surface area contributed by atoms with Gasteiger partial charge in [0, 0.05) is 10.6 Å². The Bertz CT molecular complexity index is 721. The average molecular weight is 402 g/mol. The quantitative estimate of drug-likeness (QED) is 0.689. The van der Waals surface area contributed by atoms with Crippen LogP contribution in [0.5, 0.6) is 0 Å². The fourth-order valence-corrected chi connectivity index (χ4v) is 2.83. The molecule has 0 aliphatic heterocycles. The van der Waals surface area contributed by atoms with Gasteiger partial charge in [0.2, 0.25) is 5.91 Å². The molecule has 0 bridgehead atoms. The van der Waals surface area contributed by atoms with Crippen LogP contribution in [0.15, 0.2) is 35.7 Å². The van der Waals surface area contributed by atoms with Crippen LogP contribution >= 0.6 is 35.3 Å². The number of benzene rings is 1. The first kappa shape index (κ1) is 21.4. The largest absolute Gasteiger partial charge is 0.347 e. The molecule has 4 N–H and O–H groups in total. The molecule has 1 aromatic heterocycles. The van der Waals surface area contributed by atoms with Gasteiger partial charge < -0.3 is 16.4 Å². The molecular weight excluding hydrogens is 381 g/mol. The molecule has 0 aliphatic carbocycles. The Kier molecular flexibility index (Phi) is 8.38. The van der Waals surface area contributed by atoms with Gasteiger partial charge in [-0.15, -0.1) is 23.7 Å². The predicted octanol–water partition coefficient (Wildman–Crippen LogP) is 3.68. The summed E-state index contributed by atoms with van der Waals surface area (Å²) in [6.07, 6.45) is 0. The molecule has 2 rings (SSSR count). The Morgan fingerprint density at radius 3 is 2.60 bits per heavy atom. The van der Waals surface area contributed by atoms with Crippen molar-refractivity contribution >= 4 is 52.8 Å². The molecule has 1 aromatic carbocycles. The number of nitrogens with one attached hydrogen (secondary N) is 2. The Morgan fingerprint density at radius 2 is 2.00 bits per heavy atom. The number of hydrogen-bond donors (Lipinski definition) is 3. The molecular formula is C17H21Cl2N3O2S. The zero-order valence-corrected chi connectivity index (χ0v) is 16.3. The summed E-state index contributed by atoms with van der Waals surface area (Å²) in [4.78, 5) is 25.4. The SMILES string of the molecule is CC(C)[C@H](N)C(=O)Nc1ccc(Cl)c(C(=O)NCc2cccs2)c1.Cl. The van der Waals surface area contributed by atoms with E-state index in [4.69, 9.17) is 17.3 Å². The third kappa shape index (κ3) is 6.01. The van der Waals surface area contributed by atoms with Gasteiger partial charge in [-0.2, -0.15) is 0 Å². The number of amides is 2. The lowest BCUT2D eigenvalue weighted by Crippen LogP contribution is -2.39. The van der Waals surface area contributed by atoms with Crippen LogP contribution in [0.25, 0.3) is 0 Å². The molecule has 0 spiro atoms. The highest BCUT2D eigenvalue weighted by molar-refractivity contribution is 7.09. The number of nitrogens with two attached hydrogens (primary N) is 1. The molecule has 0 saturated carbocycles. The molecule has 136 valence electrons. The minimum absolute atomic E-state index is 0. The maximum absolute atomic E-state index is 12.3. The summed E-state index contributed by atoms with van der Waals surface area (Å²) in [6, 6.07) is 8.03. The fraction of sp³-hybridized carbons (Fsp3) is 0.294. The van der Waals surface area contributed by atoms with Crippen LogP contribution in [0.3, 0.4) is 0 Å². The van der Waals surface area contributed by atoms with E-state index in [2.05, 4.69) is 10.6 Å². The first-order chi connectivity index (χ1) is 11.4. The summed E-state index contributed by atoms with van der Waals surface area (Å²) in [5.41, 5.74) is 6.62. The van der Waals surface area contributed by atoms with Crippen molar-refractivity contribution in [1.29, 1.82) is 0 Å². The number of carbonyl (C=O) groups is 2. The van der Waals surface area contributed by atoms with Crippen molar-refractivity contribution in [3.8, 4) is 0 Å². The minimum Gasteiger partial charge on any atom is -0.347 e. The van der Waals surface area contributed by atoms with Crippen LogP contribution < -0.4 is 16.4 Å². The molecule has 0 fully saturated rings. The Labute approximate surface area is 162 Å². The van der Waals surface area contributed by atoms with E-state index in [1.807, 2.05) is 31.4 Å². The molecule has 2 amide bonds. The lowest BCUT2D eigenvalue weighted by Gasteiger charge is -2.16. The van der Waals surface area contributed by atoms with Crippen LogP contribution in [-0.2, 0) is 11.3 Å². The summed E-state index contributed by atoms with van der Waals surface area (Å²) in [6.45, 7) is 4.17. The van der Waals surface area contributed by atoms with E-state index >= 15 is 0 Å². The first-order valence-electron chi connectivity index (χ1n) is 7.55. The fourth-order valence-electron chi connectivity index (χ4n) is 1.98. The van der Waals surface area contributed by atoms with Gasteiger partial charge in [0.25, 0.3) is 5.91 Å². The lowest BCUT2D eigenvalue weighted by molar-refractivity contribution is -0.118. The van der Waals surface area contributed by atoms with E-state index < -0.39 is 6.04 Å². The van der Waals surface area contributed by atoms with E-state index in [1.54, 1.807) is 29.5 Å². The van der Waals surface area contributed by atoms with Gasteiger partial charge in [-0.05, 0) is 35.6 Å². The average Bonchev–Trinajstić information content (AvgIpc) is 3.06. The van der Waals surface area contributed by atoms with Crippen molar-refractivity contribution in [2.45, 2.75) is 26.4 Å². The first-order valence-corrected chi connectivity index (χ1v) is 8.81. The summed E-state index contributed by atoms with van der Waals surface area (Å²) in [7, 11) is 0. The maximum atomic E-state index is 12.3.